The molecule has 3 aromatic rings. The molecular formula is C18H15N3O2S2. The van der Waals surface area contributed by atoms with E-state index in [1.165, 1.54) is 17.8 Å². The molecule has 5 nitrogen and oxygen atoms in total. The highest BCUT2D eigenvalue weighted by Crippen LogP contribution is 2.29. The van der Waals surface area contributed by atoms with Crippen molar-refractivity contribution in [2.24, 2.45) is 0 Å². The van der Waals surface area contributed by atoms with Crippen molar-refractivity contribution in [1.29, 1.82) is 0 Å². The third-order valence-corrected chi connectivity index (χ3v) is 4.74. The first-order valence-corrected chi connectivity index (χ1v) is 9.32. The highest BCUT2D eigenvalue weighted by atomic mass is 32.2. The fourth-order valence-electron chi connectivity index (χ4n) is 2.00. The number of anilines is 1. The lowest BCUT2D eigenvalue weighted by Gasteiger charge is -2.06. The summed E-state index contributed by atoms with van der Waals surface area (Å²) >= 11 is 2.98. The van der Waals surface area contributed by atoms with Crippen LogP contribution in [-0.2, 0) is 4.79 Å². The summed E-state index contributed by atoms with van der Waals surface area (Å²) in [6.07, 6.45) is 5.05. The average Bonchev–Trinajstić information content (AvgIpc) is 3.30. The van der Waals surface area contributed by atoms with Gasteiger partial charge in [-0.25, -0.2) is 0 Å². The highest BCUT2D eigenvalue weighted by molar-refractivity contribution is 7.99. The van der Waals surface area contributed by atoms with Gasteiger partial charge in [-0.15, -0.1) is 28.1 Å². The van der Waals surface area contributed by atoms with Crippen molar-refractivity contribution >= 4 is 40.8 Å². The van der Waals surface area contributed by atoms with E-state index in [0.29, 0.717) is 28.1 Å². The Bertz CT molecular complexity index is 885. The van der Waals surface area contributed by atoms with Crippen LogP contribution in [0, 0.1) is 0 Å². The minimum absolute atomic E-state index is 0.221. The van der Waals surface area contributed by atoms with Gasteiger partial charge in [-0.1, -0.05) is 36.0 Å². The lowest BCUT2D eigenvalue weighted by atomic mass is 10.1. The maximum Gasteiger partial charge on any atom is 0.277 e. The summed E-state index contributed by atoms with van der Waals surface area (Å²) in [6.45, 7) is 3.66. The van der Waals surface area contributed by atoms with Crippen LogP contribution >= 0.6 is 23.1 Å². The Balaban J connectivity index is 1.75. The predicted molar refractivity (Wildman–Crippen MR) is 103 cm³/mol. The highest BCUT2D eigenvalue weighted by Gasteiger charge is 2.13. The predicted octanol–water partition coefficient (Wildman–Crippen LogP) is 4.73. The van der Waals surface area contributed by atoms with Gasteiger partial charge in [-0.2, -0.15) is 0 Å². The first kappa shape index (κ1) is 17.2. The standard InChI is InChI=1S/C18H15N3O2S2/c1-2-11-25-18-21-20-17(23-18)14-7-3-4-8-15(14)19-16(22)10-9-13-6-5-12-24-13/h2-10,12H,1,11H2,(H,19,22)/b10-9+. The molecule has 0 aliphatic carbocycles. The monoisotopic (exact) mass is 369 g/mol. The van der Waals surface area contributed by atoms with Gasteiger partial charge in [0.05, 0.1) is 11.3 Å². The van der Waals surface area contributed by atoms with Crippen LogP contribution < -0.4 is 5.32 Å². The van der Waals surface area contributed by atoms with Crippen LogP contribution in [0.5, 0.6) is 0 Å². The van der Waals surface area contributed by atoms with E-state index in [9.17, 15) is 4.79 Å². The molecule has 2 aromatic heterocycles. The molecule has 1 aromatic carbocycles. The summed E-state index contributed by atoms with van der Waals surface area (Å²) in [5.41, 5.74) is 1.30. The molecule has 7 heteroatoms. The van der Waals surface area contributed by atoms with Gasteiger partial charge in [0.1, 0.15) is 0 Å². The molecule has 0 spiro atoms. The Labute approximate surface area is 153 Å². The number of carbonyl (C=O) groups excluding carboxylic acids is 1. The summed E-state index contributed by atoms with van der Waals surface area (Å²) < 4.78 is 5.64. The van der Waals surface area contributed by atoms with E-state index in [1.54, 1.807) is 29.6 Å². The minimum atomic E-state index is -0.221. The molecule has 1 amide bonds. The first-order valence-electron chi connectivity index (χ1n) is 7.45. The Morgan fingerprint density at radius 2 is 2.16 bits per heavy atom. The normalized spacial score (nSPS) is 10.9. The molecule has 0 radical (unpaired) electrons. The van der Waals surface area contributed by atoms with Crippen LogP contribution in [0.25, 0.3) is 17.5 Å². The molecule has 0 aliphatic heterocycles. The fraction of sp³-hybridized carbons (Fsp3) is 0.0556. The fourth-order valence-corrected chi connectivity index (χ4v) is 3.12. The van der Waals surface area contributed by atoms with Crippen molar-refractivity contribution in [1.82, 2.24) is 10.2 Å². The zero-order valence-electron chi connectivity index (χ0n) is 13.2. The second-order valence-corrected chi connectivity index (χ2v) is 6.81. The molecule has 3 rings (SSSR count). The van der Waals surface area contributed by atoms with Crippen molar-refractivity contribution in [2.45, 2.75) is 5.22 Å². The van der Waals surface area contributed by atoms with Crippen molar-refractivity contribution in [3.63, 3.8) is 0 Å². The third-order valence-electron chi connectivity index (χ3n) is 3.09. The van der Waals surface area contributed by atoms with Gasteiger partial charge in [0.25, 0.3) is 11.1 Å². The Kier molecular flexibility index (Phi) is 5.81. The maximum absolute atomic E-state index is 12.2. The zero-order chi connectivity index (χ0) is 17.5. The van der Waals surface area contributed by atoms with Crippen molar-refractivity contribution in [2.75, 3.05) is 11.1 Å². The van der Waals surface area contributed by atoms with E-state index in [0.717, 1.165) is 4.88 Å². The van der Waals surface area contributed by atoms with E-state index in [1.807, 2.05) is 35.7 Å². The number of thioether (sulfide) groups is 1. The van der Waals surface area contributed by atoms with Crippen molar-refractivity contribution in [3.05, 3.63) is 65.4 Å². The van der Waals surface area contributed by atoms with Crippen LogP contribution in [0.15, 0.2) is 70.1 Å². The lowest BCUT2D eigenvalue weighted by Crippen LogP contribution is -2.08. The molecule has 0 saturated carbocycles. The summed E-state index contributed by atoms with van der Waals surface area (Å²) in [5.74, 6) is 0.833. The average molecular weight is 369 g/mol. The van der Waals surface area contributed by atoms with Crippen molar-refractivity contribution in [3.8, 4) is 11.5 Å². The third kappa shape index (κ3) is 4.68. The van der Waals surface area contributed by atoms with E-state index in [4.69, 9.17) is 4.42 Å². The van der Waals surface area contributed by atoms with Gasteiger partial charge in [0.15, 0.2) is 0 Å². The molecule has 0 unspecified atom stereocenters. The van der Waals surface area contributed by atoms with Crippen molar-refractivity contribution < 1.29 is 9.21 Å². The molecule has 0 aliphatic rings. The molecule has 0 fully saturated rings. The van der Waals surface area contributed by atoms with Crippen LogP contribution in [0.3, 0.4) is 0 Å². The Hall–Kier alpha value is -2.64. The quantitative estimate of drug-likeness (QED) is 0.370. The Morgan fingerprint density at radius 3 is 2.96 bits per heavy atom. The summed E-state index contributed by atoms with van der Waals surface area (Å²) in [4.78, 5) is 13.2. The number of nitrogens with zero attached hydrogens (tertiary/aromatic N) is 2. The van der Waals surface area contributed by atoms with Gasteiger partial charge < -0.3 is 9.73 Å². The number of aromatic nitrogens is 2. The smallest absolute Gasteiger partial charge is 0.277 e. The number of nitrogens with one attached hydrogen (secondary N) is 1. The first-order chi connectivity index (χ1) is 12.3. The number of benzene rings is 1. The summed E-state index contributed by atoms with van der Waals surface area (Å²) in [5, 5.41) is 13.3. The Morgan fingerprint density at radius 1 is 1.28 bits per heavy atom. The van der Waals surface area contributed by atoms with Crippen LogP contribution in [0.2, 0.25) is 0 Å². The summed E-state index contributed by atoms with van der Waals surface area (Å²) in [7, 11) is 0. The molecule has 0 atom stereocenters. The number of thiophene rings is 1. The van der Waals surface area contributed by atoms with E-state index in [-0.39, 0.29) is 5.91 Å². The lowest BCUT2D eigenvalue weighted by molar-refractivity contribution is -0.111. The van der Waals surface area contributed by atoms with Gasteiger partial charge in [-0.05, 0) is 29.7 Å². The van der Waals surface area contributed by atoms with Crippen LogP contribution in [-0.4, -0.2) is 21.9 Å². The minimum Gasteiger partial charge on any atom is -0.411 e. The van der Waals surface area contributed by atoms with Gasteiger partial charge in [0.2, 0.25) is 5.91 Å². The molecular weight excluding hydrogens is 354 g/mol. The largest absolute Gasteiger partial charge is 0.411 e. The van der Waals surface area contributed by atoms with Crippen LogP contribution in [0.4, 0.5) is 5.69 Å². The van der Waals surface area contributed by atoms with Crippen LogP contribution in [0.1, 0.15) is 4.88 Å². The molecule has 0 bridgehead atoms. The molecule has 1 N–H and O–H groups in total. The number of rotatable bonds is 7. The zero-order valence-corrected chi connectivity index (χ0v) is 14.8. The van der Waals surface area contributed by atoms with Gasteiger partial charge >= 0.3 is 0 Å². The molecule has 25 heavy (non-hydrogen) atoms. The van der Waals surface area contributed by atoms with Gasteiger partial charge in [0, 0.05) is 16.7 Å². The van der Waals surface area contributed by atoms with E-state index in [2.05, 4.69) is 22.1 Å². The number of carbonyl (C=O) groups is 1. The topological polar surface area (TPSA) is 68.0 Å². The van der Waals surface area contributed by atoms with Gasteiger partial charge in [-0.3, -0.25) is 4.79 Å². The van der Waals surface area contributed by atoms with E-state index >= 15 is 0 Å². The molecule has 0 saturated heterocycles. The van der Waals surface area contributed by atoms with E-state index < -0.39 is 0 Å². The summed E-state index contributed by atoms with van der Waals surface area (Å²) in [6, 6.07) is 11.2. The number of para-hydroxylation sites is 1. The molecule has 2 heterocycles. The number of hydrogen-bond donors (Lipinski definition) is 1. The second-order valence-electron chi connectivity index (χ2n) is 4.86. The maximum atomic E-state index is 12.2. The SMILES string of the molecule is C=CCSc1nnc(-c2ccccc2NC(=O)/C=C/c2cccs2)o1. The number of amides is 1. The number of hydrogen-bond acceptors (Lipinski definition) is 6. The molecule has 126 valence electrons. The second kappa shape index (κ2) is 8.46.